The van der Waals surface area contributed by atoms with Crippen LogP contribution in [0.25, 0.3) is 11.4 Å². The second-order valence-corrected chi connectivity index (χ2v) is 2.82. The Morgan fingerprint density at radius 1 is 1.38 bits per heavy atom. The molecule has 0 radical (unpaired) electrons. The Hall–Kier alpha value is -1.85. The van der Waals surface area contributed by atoms with Gasteiger partial charge in [-0.15, -0.1) is 5.10 Å². The van der Waals surface area contributed by atoms with Crippen LogP contribution in [0.15, 0.2) is 12.4 Å². The summed E-state index contributed by atoms with van der Waals surface area (Å²) in [5.74, 6) is 1.01. The zero-order valence-electron chi connectivity index (χ0n) is 7.47. The highest BCUT2D eigenvalue weighted by molar-refractivity contribution is 5.53. The first-order chi connectivity index (χ1) is 6.16. The third kappa shape index (κ3) is 1.26. The lowest BCUT2D eigenvalue weighted by Crippen LogP contribution is -1.97. The van der Waals surface area contributed by atoms with Crippen LogP contribution in [0.2, 0.25) is 0 Å². The summed E-state index contributed by atoms with van der Waals surface area (Å²) in [7, 11) is 3.60. The van der Waals surface area contributed by atoms with E-state index in [4.69, 9.17) is 5.73 Å². The molecule has 13 heavy (non-hydrogen) atoms. The van der Waals surface area contributed by atoms with Gasteiger partial charge in [-0.25, -0.2) is 4.68 Å². The number of nitrogens with two attached hydrogens (primary N) is 1. The summed E-state index contributed by atoms with van der Waals surface area (Å²) in [5.41, 5.74) is 6.42. The highest BCUT2D eigenvalue weighted by Gasteiger charge is 2.07. The van der Waals surface area contributed by atoms with Gasteiger partial charge in [0.25, 0.3) is 0 Å². The molecular weight excluding hydrogens is 168 g/mol. The molecule has 2 N–H and O–H groups in total. The quantitative estimate of drug-likeness (QED) is 0.656. The largest absolute Gasteiger partial charge is 0.368 e. The number of anilines is 1. The van der Waals surface area contributed by atoms with Gasteiger partial charge in [0.15, 0.2) is 5.82 Å². The fourth-order valence-corrected chi connectivity index (χ4v) is 1.06. The van der Waals surface area contributed by atoms with Crippen molar-refractivity contribution in [3.05, 3.63) is 12.4 Å². The maximum Gasteiger partial charge on any atom is 0.218 e. The number of hydrogen-bond acceptors (Lipinski definition) is 4. The Morgan fingerprint density at radius 3 is 2.62 bits per heavy atom. The predicted molar refractivity (Wildman–Crippen MR) is 47.6 cm³/mol. The zero-order chi connectivity index (χ0) is 9.42. The van der Waals surface area contributed by atoms with Crippen LogP contribution in [-0.2, 0) is 14.1 Å². The van der Waals surface area contributed by atoms with Crippen LogP contribution in [0.3, 0.4) is 0 Å². The highest BCUT2D eigenvalue weighted by Crippen LogP contribution is 2.13. The Labute approximate surface area is 75.0 Å². The van der Waals surface area contributed by atoms with Gasteiger partial charge in [0.1, 0.15) is 0 Å². The summed E-state index contributed by atoms with van der Waals surface area (Å²) in [4.78, 5) is 4.07. The van der Waals surface area contributed by atoms with E-state index >= 15 is 0 Å². The molecule has 0 aliphatic carbocycles. The number of aryl methyl sites for hydroxylation is 2. The lowest BCUT2D eigenvalue weighted by molar-refractivity contribution is 0.767. The first-order valence-electron chi connectivity index (χ1n) is 3.82. The van der Waals surface area contributed by atoms with E-state index in [9.17, 15) is 0 Å². The normalized spacial score (nSPS) is 10.6. The molecular formula is C7H10N6. The van der Waals surface area contributed by atoms with Crippen molar-refractivity contribution < 1.29 is 0 Å². The van der Waals surface area contributed by atoms with Gasteiger partial charge in [-0.3, -0.25) is 4.68 Å². The van der Waals surface area contributed by atoms with Crippen LogP contribution >= 0.6 is 0 Å². The molecule has 0 bridgehead atoms. The van der Waals surface area contributed by atoms with E-state index in [1.165, 1.54) is 4.68 Å². The topological polar surface area (TPSA) is 74.6 Å². The van der Waals surface area contributed by atoms with Crippen molar-refractivity contribution in [2.75, 3.05) is 5.73 Å². The summed E-state index contributed by atoms with van der Waals surface area (Å²) in [5, 5.41) is 8.14. The molecule has 2 heterocycles. The summed E-state index contributed by atoms with van der Waals surface area (Å²) in [6.45, 7) is 0. The number of nitrogens with zero attached hydrogens (tertiary/aromatic N) is 5. The third-order valence-corrected chi connectivity index (χ3v) is 1.76. The van der Waals surface area contributed by atoms with Crippen molar-refractivity contribution in [3.8, 4) is 11.4 Å². The van der Waals surface area contributed by atoms with Gasteiger partial charge in [0, 0.05) is 20.3 Å². The lowest BCUT2D eigenvalue weighted by atomic mass is 10.3. The summed E-state index contributed by atoms with van der Waals surface area (Å²) in [6, 6.07) is 0. The standard InChI is InChI=1S/C7H10N6/c1-12-4-5(3-9-12)6-10-7(8)13(2)11-6/h3-4H,1-2H3,(H2,8,10,11). The van der Waals surface area contributed by atoms with E-state index < -0.39 is 0 Å². The van der Waals surface area contributed by atoms with Crippen molar-refractivity contribution in [2.24, 2.45) is 14.1 Å². The van der Waals surface area contributed by atoms with Crippen molar-refractivity contribution in [1.29, 1.82) is 0 Å². The van der Waals surface area contributed by atoms with Gasteiger partial charge in [0.05, 0.1) is 11.8 Å². The molecule has 2 aromatic heterocycles. The molecule has 0 amide bonds. The molecule has 0 aliphatic heterocycles. The molecule has 68 valence electrons. The van der Waals surface area contributed by atoms with Gasteiger partial charge in [-0.1, -0.05) is 0 Å². The van der Waals surface area contributed by atoms with E-state index in [0.717, 1.165) is 5.56 Å². The molecule has 0 spiro atoms. The molecule has 2 aromatic rings. The summed E-state index contributed by atoms with van der Waals surface area (Å²) < 4.78 is 3.23. The summed E-state index contributed by atoms with van der Waals surface area (Å²) >= 11 is 0. The number of hydrogen-bond donors (Lipinski definition) is 1. The Kier molecular flexibility index (Phi) is 1.54. The minimum Gasteiger partial charge on any atom is -0.368 e. The second-order valence-electron chi connectivity index (χ2n) is 2.82. The van der Waals surface area contributed by atoms with E-state index in [1.807, 2.05) is 13.2 Å². The molecule has 6 nitrogen and oxygen atoms in total. The maximum absolute atomic E-state index is 5.55. The zero-order valence-corrected chi connectivity index (χ0v) is 7.47. The average molecular weight is 178 g/mol. The van der Waals surface area contributed by atoms with Crippen LogP contribution in [-0.4, -0.2) is 24.5 Å². The Bertz CT molecular complexity index is 406. The van der Waals surface area contributed by atoms with Crippen LogP contribution in [0.5, 0.6) is 0 Å². The minimum atomic E-state index is 0.402. The first-order valence-corrected chi connectivity index (χ1v) is 3.82. The van der Waals surface area contributed by atoms with Gasteiger partial charge < -0.3 is 5.73 Å². The average Bonchev–Trinajstić information content (AvgIpc) is 2.61. The lowest BCUT2D eigenvalue weighted by Gasteiger charge is -1.85. The molecule has 0 aliphatic rings. The van der Waals surface area contributed by atoms with Gasteiger partial charge in [-0.2, -0.15) is 10.1 Å². The Balaban J connectivity index is 2.46. The van der Waals surface area contributed by atoms with Crippen molar-refractivity contribution in [1.82, 2.24) is 24.5 Å². The third-order valence-electron chi connectivity index (χ3n) is 1.76. The van der Waals surface area contributed by atoms with Crippen LogP contribution in [0.1, 0.15) is 0 Å². The smallest absolute Gasteiger partial charge is 0.218 e. The summed E-state index contributed by atoms with van der Waals surface area (Å²) in [6.07, 6.45) is 3.55. The van der Waals surface area contributed by atoms with Gasteiger partial charge in [0.2, 0.25) is 5.95 Å². The Morgan fingerprint density at radius 2 is 2.15 bits per heavy atom. The minimum absolute atomic E-state index is 0.402. The molecule has 0 atom stereocenters. The van der Waals surface area contributed by atoms with E-state index in [0.29, 0.717) is 11.8 Å². The van der Waals surface area contributed by atoms with Crippen LogP contribution in [0, 0.1) is 0 Å². The molecule has 6 heteroatoms. The molecule has 0 saturated carbocycles. The highest BCUT2D eigenvalue weighted by atomic mass is 15.4. The van der Waals surface area contributed by atoms with E-state index in [-0.39, 0.29) is 0 Å². The SMILES string of the molecule is Cn1cc(-c2nc(N)n(C)n2)cn1. The van der Waals surface area contributed by atoms with E-state index in [1.54, 1.807) is 17.9 Å². The van der Waals surface area contributed by atoms with Crippen LogP contribution < -0.4 is 5.73 Å². The van der Waals surface area contributed by atoms with Crippen molar-refractivity contribution in [3.63, 3.8) is 0 Å². The number of aromatic nitrogens is 5. The number of rotatable bonds is 1. The fourth-order valence-electron chi connectivity index (χ4n) is 1.06. The first kappa shape index (κ1) is 7.78. The molecule has 2 rings (SSSR count). The molecule has 0 unspecified atom stereocenters. The second kappa shape index (κ2) is 2.58. The van der Waals surface area contributed by atoms with Crippen molar-refractivity contribution >= 4 is 5.95 Å². The van der Waals surface area contributed by atoms with Crippen molar-refractivity contribution in [2.45, 2.75) is 0 Å². The van der Waals surface area contributed by atoms with Gasteiger partial charge in [-0.05, 0) is 0 Å². The molecule has 0 saturated heterocycles. The van der Waals surface area contributed by atoms with Gasteiger partial charge >= 0.3 is 0 Å². The monoisotopic (exact) mass is 178 g/mol. The molecule has 0 aromatic carbocycles. The van der Waals surface area contributed by atoms with E-state index in [2.05, 4.69) is 15.2 Å². The fraction of sp³-hybridized carbons (Fsp3) is 0.286. The maximum atomic E-state index is 5.55. The molecule has 0 fully saturated rings. The number of nitrogen functional groups attached to an aromatic ring is 1. The van der Waals surface area contributed by atoms with Crippen LogP contribution in [0.4, 0.5) is 5.95 Å². The predicted octanol–water partition coefficient (Wildman–Crippen LogP) is -0.202.